The van der Waals surface area contributed by atoms with E-state index < -0.39 is 0 Å². The van der Waals surface area contributed by atoms with Crippen LogP contribution in [0.25, 0.3) is 0 Å². The SMILES string of the molecule is c1cnc(Oc2ccc(CN3CCCC(N4CCCC4)C3)cc2)nc1. The van der Waals surface area contributed by atoms with E-state index in [4.69, 9.17) is 4.74 Å². The third-order valence-electron chi connectivity index (χ3n) is 5.22. The van der Waals surface area contributed by atoms with E-state index in [1.165, 1.54) is 57.4 Å². The van der Waals surface area contributed by atoms with Crippen molar-refractivity contribution in [3.05, 3.63) is 48.3 Å². The number of hydrogen-bond acceptors (Lipinski definition) is 5. The summed E-state index contributed by atoms with van der Waals surface area (Å²) in [7, 11) is 0. The Morgan fingerprint density at radius 3 is 2.48 bits per heavy atom. The fourth-order valence-electron chi connectivity index (χ4n) is 3.94. The second kappa shape index (κ2) is 7.93. The Kier molecular flexibility index (Phi) is 5.23. The first-order chi connectivity index (χ1) is 12.4. The first-order valence-corrected chi connectivity index (χ1v) is 9.37. The van der Waals surface area contributed by atoms with Gasteiger partial charge in [0.05, 0.1) is 0 Å². The van der Waals surface area contributed by atoms with Crippen LogP contribution < -0.4 is 4.74 Å². The number of likely N-dealkylation sites (tertiary alicyclic amines) is 2. The maximum atomic E-state index is 5.67. The summed E-state index contributed by atoms with van der Waals surface area (Å²) in [5.74, 6) is 0.781. The minimum Gasteiger partial charge on any atom is -0.424 e. The lowest BCUT2D eigenvalue weighted by atomic mass is 10.0. The summed E-state index contributed by atoms with van der Waals surface area (Å²) >= 11 is 0. The fourth-order valence-corrected chi connectivity index (χ4v) is 3.94. The molecule has 1 aromatic carbocycles. The summed E-state index contributed by atoms with van der Waals surface area (Å²) in [6, 6.07) is 11.2. The summed E-state index contributed by atoms with van der Waals surface area (Å²) < 4.78 is 5.67. The molecule has 5 heteroatoms. The highest BCUT2D eigenvalue weighted by Crippen LogP contribution is 2.23. The summed E-state index contributed by atoms with van der Waals surface area (Å²) in [6.07, 6.45) is 8.80. The van der Waals surface area contributed by atoms with Crippen LogP contribution in [0, 0.1) is 0 Å². The monoisotopic (exact) mass is 338 g/mol. The van der Waals surface area contributed by atoms with Crippen molar-refractivity contribution in [3.63, 3.8) is 0 Å². The predicted molar refractivity (Wildman–Crippen MR) is 97.7 cm³/mol. The number of ether oxygens (including phenoxy) is 1. The number of nitrogens with zero attached hydrogens (tertiary/aromatic N) is 4. The van der Waals surface area contributed by atoms with Crippen LogP contribution in [0.3, 0.4) is 0 Å². The van der Waals surface area contributed by atoms with Crippen molar-refractivity contribution in [2.24, 2.45) is 0 Å². The molecule has 1 aromatic heterocycles. The standard InChI is InChI=1S/C20H26N4O/c1-2-14-24(13-1)18-5-3-12-23(16-18)15-17-6-8-19(9-7-17)25-20-21-10-4-11-22-20/h4,6-11,18H,1-3,5,12-16H2. The van der Waals surface area contributed by atoms with Crippen LogP contribution in [0.4, 0.5) is 0 Å². The topological polar surface area (TPSA) is 41.5 Å². The normalized spacial score (nSPS) is 22.2. The molecule has 3 heterocycles. The Morgan fingerprint density at radius 2 is 1.72 bits per heavy atom. The Labute approximate surface area is 149 Å². The van der Waals surface area contributed by atoms with Gasteiger partial charge in [0.25, 0.3) is 0 Å². The van der Waals surface area contributed by atoms with E-state index in [1.54, 1.807) is 18.5 Å². The van der Waals surface area contributed by atoms with Gasteiger partial charge in [0, 0.05) is 31.5 Å². The highest BCUT2D eigenvalue weighted by molar-refractivity contribution is 5.29. The van der Waals surface area contributed by atoms with E-state index in [9.17, 15) is 0 Å². The third-order valence-corrected chi connectivity index (χ3v) is 5.22. The molecule has 2 aliphatic rings. The van der Waals surface area contributed by atoms with Crippen molar-refractivity contribution >= 4 is 0 Å². The van der Waals surface area contributed by atoms with Crippen LogP contribution in [0.15, 0.2) is 42.7 Å². The number of aromatic nitrogens is 2. The molecule has 1 atom stereocenters. The van der Waals surface area contributed by atoms with Gasteiger partial charge in [0.15, 0.2) is 0 Å². The lowest BCUT2D eigenvalue weighted by molar-refractivity contribution is 0.110. The molecular weight excluding hydrogens is 312 g/mol. The maximum absolute atomic E-state index is 5.67. The number of hydrogen-bond donors (Lipinski definition) is 0. The van der Waals surface area contributed by atoms with Gasteiger partial charge < -0.3 is 4.74 Å². The molecule has 0 amide bonds. The average Bonchev–Trinajstić information content (AvgIpc) is 3.19. The van der Waals surface area contributed by atoms with Crippen LogP contribution in [-0.4, -0.2) is 52.0 Å². The summed E-state index contributed by atoms with van der Waals surface area (Å²) in [6.45, 7) is 6.03. The zero-order valence-electron chi connectivity index (χ0n) is 14.7. The third kappa shape index (κ3) is 4.35. The van der Waals surface area contributed by atoms with E-state index in [1.807, 2.05) is 12.1 Å². The van der Waals surface area contributed by atoms with Crippen molar-refractivity contribution in [2.75, 3.05) is 26.2 Å². The minimum absolute atomic E-state index is 0.389. The molecule has 2 fully saturated rings. The first-order valence-electron chi connectivity index (χ1n) is 9.37. The smallest absolute Gasteiger partial charge is 0.321 e. The first kappa shape index (κ1) is 16.5. The molecule has 4 rings (SSSR count). The van der Waals surface area contributed by atoms with Crippen LogP contribution in [0.5, 0.6) is 11.8 Å². The number of benzene rings is 1. The van der Waals surface area contributed by atoms with Crippen molar-refractivity contribution in [3.8, 4) is 11.8 Å². The molecule has 0 saturated carbocycles. The molecule has 132 valence electrons. The molecule has 0 radical (unpaired) electrons. The van der Waals surface area contributed by atoms with Gasteiger partial charge >= 0.3 is 6.01 Å². The number of rotatable bonds is 5. The van der Waals surface area contributed by atoms with E-state index in [0.717, 1.165) is 18.3 Å². The van der Waals surface area contributed by atoms with Gasteiger partial charge in [-0.15, -0.1) is 0 Å². The second-order valence-corrected chi connectivity index (χ2v) is 7.05. The van der Waals surface area contributed by atoms with E-state index in [-0.39, 0.29) is 0 Å². The Hall–Kier alpha value is -1.98. The highest BCUT2D eigenvalue weighted by atomic mass is 16.5. The molecule has 25 heavy (non-hydrogen) atoms. The molecular formula is C20H26N4O. The molecule has 5 nitrogen and oxygen atoms in total. The van der Waals surface area contributed by atoms with Crippen LogP contribution >= 0.6 is 0 Å². The largest absolute Gasteiger partial charge is 0.424 e. The van der Waals surface area contributed by atoms with Gasteiger partial charge in [0.2, 0.25) is 0 Å². The highest BCUT2D eigenvalue weighted by Gasteiger charge is 2.26. The Balaban J connectivity index is 1.33. The Bertz CT molecular complexity index is 655. The maximum Gasteiger partial charge on any atom is 0.321 e. The zero-order chi connectivity index (χ0) is 16.9. The lowest BCUT2D eigenvalue weighted by Gasteiger charge is -2.37. The van der Waals surface area contributed by atoms with Gasteiger partial charge in [0.1, 0.15) is 5.75 Å². The van der Waals surface area contributed by atoms with Gasteiger partial charge in [-0.05, 0) is 69.1 Å². The van der Waals surface area contributed by atoms with Crippen molar-refractivity contribution < 1.29 is 4.74 Å². The molecule has 1 unspecified atom stereocenters. The molecule has 0 aliphatic carbocycles. The van der Waals surface area contributed by atoms with Gasteiger partial charge in [-0.1, -0.05) is 12.1 Å². The second-order valence-electron chi connectivity index (χ2n) is 7.05. The van der Waals surface area contributed by atoms with Crippen LogP contribution in [0.2, 0.25) is 0 Å². The lowest BCUT2D eigenvalue weighted by Crippen LogP contribution is -2.46. The van der Waals surface area contributed by atoms with E-state index >= 15 is 0 Å². The van der Waals surface area contributed by atoms with Crippen LogP contribution in [0.1, 0.15) is 31.2 Å². The van der Waals surface area contributed by atoms with Crippen molar-refractivity contribution in [2.45, 2.75) is 38.3 Å². The molecule has 2 aromatic rings. The fraction of sp³-hybridized carbons (Fsp3) is 0.500. The van der Waals surface area contributed by atoms with E-state index in [0.29, 0.717) is 6.01 Å². The van der Waals surface area contributed by atoms with E-state index in [2.05, 4.69) is 31.9 Å². The van der Waals surface area contributed by atoms with Gasteiger partial charge in [-0.3, -0.25) is 9.80 Å². The molecule has 0 spiro atoms. The summed E-state index contributed by atoms with van der Waals surface area (Å²) in [5, 5.41) is 0. The average molecular weight is 338 g/mol. The molecule has 0 N–H and O–H groups in total. The quantitative estimate of drug-likeness (QED) is 0.836. The molecule has 0 bridgehead atoms. The van der Waals surface area contributed by atoms with Gasteiger partial charge in [-0.2, -0.15) is 0 Å². The Morgan fingerprint density at radius 1 is 0.960 bits per heavy atom. The number of piperidine rings is 1. The molecule has 2 aliphatic heterocycles. The van der Waals surface area contributed by atoms with Gasteiger partial charge in [-0.25, -0.2) is 9.97 Å². The minimum atomic E-state index is 0.389. The van der Waals surface area contributed by atoms with Crippen molar-refractivity contribution in [1.82, 2.24) is 19.8 Å². The van der Waals surface area contributed by atoms with Crippen LogP contribution in [-0.2, 0) is 6.54 Å². The zero-order valence-corrected chi connectivity index (χ0v) is 14.7. The molecule has 2 saturated heterocycles. The predicted octanol–water partition coefficient (Wildman–Crippen LogP) is 3.33. The summed E-state index contributed by atoms with van der Waals surface area (Å²) in [5.41, 5.74) is 1.34. The summed E-state index contributed by atoms with van der Waals surface area (Å²) in [4.78, 5) is 13.5. The van der Waals surface area contributed by atoms with Crippen molar-refractivity contribution in [1.29, 1.82) is 0 Å².